The lowest BCUT2D eigenvalue weighted by Gasteiger charge is -2.35. The van der Waals surface area contributed by atoms with Gasteiger partial charge in [-0.3, -0.25) is 0 Å². The molecule has 0 aromatic heterocycles. The third-order valence-corrected chi connectivity index (χ3v) is 4.36. The van der Waals surface area contributed by atoms with Crippen molar-refractivity contribution in [3.63, 3.8) is 0 Å². The van der Waals surface area contributed by atoms with Crippen molar-refractivity contribution in [2.24, 2.45) is 5.92 Å². The van der Waals surface area contributed by atoms with E-state index in [4.69, 9.17) is 5.11 Å². The van der Waals surface area contributed by atoms with Crippen LogP contribution in [0.25, 0.3) is 0 Å². The molecule has 2 aliphatic rings. The van der Waals surface area contributed by atoms with Crippen LogP contribution in [0.15, 0.2) is 11.6 Å². The lowest BCUT2D eigenvalue weighted by atomic mass is 9.86. The number of aliphatic hydroxyl groups is 4. The fraction of sp³-hybridized carbons (Fsp3) is 0.857. The van der Waals surface area contributed by atoms with Gasteiger partial charge in [0.25, 0.3) is 0 Å². The number of aliphatic hydroxyl groups excluding tert-OH is 4. The molecule has 1 unspecified atom stereocenters. The Morgan fingerprint density at radius 3 is 2.37 bits per heavy atom. The van der Waals surface area contributed by atoms with Crippen molar-refractivity contribution in [3.05, 3.63) is 11.6 Å². The minimum atomic E-state index is -1.24. The van der Waals surface area contributed by atoms with E-state index in [1.165, 1.54) is 32.1 Å². The zero-order valence-corrected chi connectivity index (χ0v) is 11.2. The minimum Gasteiger partial charge on any atom is -0.392 e. The average molecular weight is 271 g/mol. The first kappa shape index (κ1) is 14.9. The van der Waals surface area contributed by atoms with E-state index >= 15 is 0 Å². The molecule has 0 heterocycles. The van der Waals surface area contributed by atoms with E-state index in [0.29, 0.717) is 11.5 Å². The number of hydrogen-bond acceptors (Lipinski definition) is 5. The van der Waals surface area contributed by atoms with Crippen molar-refractivity contribution >= 4 is 0 Å². The largest absolute Gasteiger partial charge is 0.392 e. The first-order valence-corrected chi connectivity index (χ1v) is 7.22. The maximum atomic E-state index is 9.95. The summed E-state index contributed by atoms with van der Waals surface area (Å²) in [6.07, 6.45) is 4.44. The number of nitrogens with one attached hydrogen (secondary N) is 1. The summed E-state index contributed by atoms with van der Waals surface area (Å²) in [6.45, 7) is 0.506. The van der Waals surface area contributed by atoms with Gasteiger partial charge in [-0.05, 0) is 30.9 Å². The lowest BCUT2D eigenvalue weighted by Crippen LogP contribution is -2.54. The van der Waals surface area contributed by atoms with Crippen molar-refractivity contribution in [1.82, 2.24) is 5.32 Å². The molecule has 2 aliphatic carbocycles. The second-order valence-corrected chi connectivity index (χ2v) is 5.76. The van der Waals surface area contributed by atoms with Crippen LogP contribution >= 0.6 is 0 Å². The molecule has 2 rings (SSSR count). The molecule has 19 heavy (non-hydrogen) atoms. The summed E-state index contributed by atoms with van der Waals surface area (Å²) in [5.74, 6) is 0.621. The van der Waals surface area contributed by atoms with E-state index in [2.05, 4.69) is 5.32 Å². The fourth-order valence-electron chi connectivity index (χ4n) is 3.07. The minimum absolute atomic E-state index is 0.299. The van der Waals surface area contributed by atoms with E-state index in [-0.39, 0.29) is 6.61 Å². The van der Waals surface area contributed by atoms with E-state index in [9.17, 15) is 15.3 Å². The summed E-state index contributed by atoms with van der Waals surface area (Å²) >= 11 is 0. The normalized spacial score (nSPS) is 37.2. The van der Waals surface area contributed by atoms with Crippen molar-refractivity contribution in [2.75, 3.05) is 13.2 Å². The van der Waals surface area contributed by atoms with Crippen molar-refractivity contribution in [1.29, 1.82) is 0 Å². The predicted octanol–water partition coefficient (Wildman–Crippen LogP) is -0.460. The van der Waals surface area contributed by atoms with Crippen LogP contribution in [0.2, 0.25) is 0 Å². The molecular formula is C14H25NO4. The zero-order chi connectivity index (χ0) is 13.8. The summed E-state index contributed by atoms with van der Waals surface area (Å²) in [6, 6.07) is -0.400. The highest BCUT2D eigenvalue weighted by molar-refractivity contribution is 5.21. The second kappa shape index (κ2) is 6.81. The van der Waals surface area contributed by atoms with Gasteiger partial charge in [-0.25, -0.2) is 0 Å². The average Bonchev–Trinajstić information content (AvgIpc) is 2.45. The maximum absolute atomic E-state index is 9.95. The Hall–Kier alpha value is -0.460. The molecule has 4 atom stereocenters. The van der Waals surface area contributed by atoms with Crippen molar-refractivity contribution < 1.29 is 20.4 Å². The highest BCUT2D eigenvalue weighted by Crippen LogP contribution is 2.24. The monoisotopic (exact) mass is 271 g/mol. The Bertz CT molecular complexity index is 315. The molecule has 5 N–H and O–H groups in total. The molecular weight excluding hydrogens is 246 g/mol. The molecule has 0 spiro atoms. The standard InChI is InChI=1S/C14H25NO4/c16-8-10-6-11(13(18)14(19)12(10)17)15-7-9-4-2-1-3-5-9/h6,9,11-19H,1-5,7-8H2/t11-,12+,13-,14?/m0/s1. The van der Waals surface area contributed by atoms with Gasteiger partial charge < -0.3 is 25.7 Å². The smallest absolute Gasteiger partial charge is 0.111 e. The molecule has 0 aliphatic heterocycles. The van der Waals surface area contributed by atoms with Gasteiger partial charge in [0.1, 0.15) is 18.3 Å². The Kier molecular flexibility index (Phi) is 5.36. The summed E-state index contributed by atoms with van der Waals surface area (Å²) in [4.78, 5) is 0. The van der Waals surface area contributed by atoms with E-state index in [1.807, 2.05) is 0 Å². The van der Waals surface area contributed by atoms with Crippen LogP contribution in [0.5, 0.6) is 0 Å². The molecule has 0 bridgehead atoms. The summed E-state index contributed by atoms with van der Waals surface area (Å²) < 4.78 is 0. The van der Waals surface area contributed by atoms with Crippen LogP contribution in [-0.2, 0) is 0 Å². The van der Waals surface area contributed by atoms with Gasteiger partial charge in [0.05, 0.1) is 12.6 Å². The first-order valence-electron chi connectivity index (χ1n) is 7.22. The Balaban J connectivity index is 1.92. The van der Waals surface area contributed by atoms with Gasteiger partial charge >= 0.3 is 0 Å². The number of hydrogen-bond donors (Lipinski definition) is 5. The van der Waals surface area contributed by atoms with Crippen LogP contribution in [0.3, 0.4) is 0 Å². The third-order valence-electron chi connectivity index (χ3n) is 4.36. The zero-order valence-electron chi connectivity index (χ0n) is 11.2. The highest BCUT2D eigenvalue weighted by atomic mass is 16.4. The molecule has 110 valence electrons. The van der Waals surface area contributed by atoms with Crippen LogP contribution in [0.1, 0.15) is 32.1 Å². The molecule has 0 radical (unpaired) electrons. The molecule has 0 saturated heterocycles. The topological polar surface area (TPSA) is 93.0 Å². The molecule has 1 fully saturated rings. The van der Waals surface area contributed by atoms with Crippen molar-refractivity contribution in [3.8, 4) is 0 Å². The Morgan fingerprint density at radius 1 is 1.05 bits per heavy atom. The first-order chi connectivity index (χ1) is 9.13. The second-order valence-electron chi connectivity index (χ2n) is 5.76. The molecule has 5 nitrogen and oxygen atoms in total. The summed E-state index contributed by atoms with van der Waals surface area (Å²) in [5, 5.41) is 41.8. The van der Waals surface area contributed by atoms with Crippen LogP contribution in [0, 0.1) is 5.92 Å². The highest BCUT2D eigenvalue weighted by Gasteiger charge is 2.36. The van der Waals surface area contributed by atoms with E-state index < -0.39 is 24.4 Å². The predicted molar refractivity (Wildman–Crippen MR) is 71.6 cm³/mol. The third kappa shape index (κ3) is 3.55. The van der Waals surface area contributed by atoms with Gasteiger partial charge in [0, 0.05) is 0 Å². The Morgan fingerprint density at radius 2 is 1.74 bits per heavy atom. The molecule has 0 amide bonds. The maximum Gasteiger partial charge on any atom is 0.111 e. The quantitative estimate of drug-likeness (QED) is 0.446. The van der Waals surface area contributed by atoms with Crippen LogP contribution in [0.4, 0.5) is 0 Å². The van der Waals surface area contributed by atoms with E-state index in [0.717, 1.165) is 6.54 Å². The van der Waals surface area contributed by atoms with Crippen LogP contribution in [-0.4, -0.2) is 57.9 Å². The van der Waals surface area contributed by atoms with Gasteiger partial charge in [-0.15, -0.1) is 0 Å². The lowest BCUT2D eigenvalue weighted by molar-refractivity contribution is -0.0645. The Labute approximate surface area is 114 Å². The molecule has 0 aromatic rings. The molecule has 0 aromatic carbocycles. The van der Waals surface area contributed by atoms with Gasteiger partial charge in [0.15, 0.2) is 0 Å². The van der Waals surface area contributed by atoms with Gasteiger partial charge in [0.2, 0.25) is 0 Å². The van der Waals surface area contributed by atoms with Gasteiger partial charge in [-0.1, -0.05) is 25.3 Å². The van der Waals surface area contributed by atoms with Crippen molar-refractivity contribution in [2.45, 2.75) is 56.5 Å². The number of rotatable bonds is 4. The summed E-state index contributed by atoms with van der Waals surface area (Å²) in [7, 11) is 0. The van der Waals surface area contributed by atoms with Gasteiger partial charge in [-0.2, -0.15) is 0 Å². The fourth-order valence-corrected chi connectivity index (χ4v) is 3.07. The molecule has 1 saturated carbocycles. The van der Waals surface area contributed by atoms with E-state index in [1.54, 1.807) is 6.08 Å². The SMILES string of the molecule is OCC1=C[C@H](NCC2CCCCC2)[C@H](O)C(O)[C@@H]1O. The summed E-state index contributed by atoms with van der Waals surface area (Å²) in [5.41, 5.74) is 0.374. The van der Waals surface area contributed by atoms with Crippen LogP contribution < -0.4 is 5.32 Å². The molecule has 5 heteroatoms.